The van der Waals surface area contributed by atoms with Crippen LogP contribution in [0.1, 0.15) is 107 Å². The van der Waals surface area contributed by atoms with Crippen molar-refractivity contribution in [1.82, 2.24) is 53.3 Å². The fraction of sp³-hybridized carbons (Fsp3) is 0.470. The average Bonchev–Trinajstić information content (AvgIpc) is 1.69. The first-order valence-corrected chi connectivity index (χ1v) is 37.4. The first-order chi connectivity index (χ1) is 50.5. The number of hydrogen-bond acceptors (Lipinski definition) is 30. The number of phosphoric ester groups is 2. The lowest BCUT2D eigenvalue weighted by atomic mass is 9.80. The number of ether oxygens (including phenoxy) is 6. The monoisotopic (exact) mass is 1510 g/mol. The normalized spacial score (nSPS) is 21.9. The van der Waals surface area contributed by atoms with Gasteiger partial charge in [0.2, 0.25) is 11.9 Å². The van der Waals surface area contributed by atoms with Gasteiger partial charge in [-0.25, -0.2) is 28.6 Å². The van der Waals surface area contributed by atoms with Gasteiger partial charge >= 0.3 is 21.3 Å². The van der Waals surface area contributed by atoms with E-state index in [0.29, 0.717) is 28.2 Å². The lowest BCUT2D eigenvalue weighted by Gasteiger charge is -2.37. The van der Waals surface area contributed by atoms with Gasteiger partial charge in [-0.1, -0.05) is 54.6 Å². The molecule has 558 valence electrons. The molecule has 105 heavy (non-hydrogen) atoms. The Morgan fingerprint density at radius 2 is 1.04 bits per heavy atom. The van der Waals surface area contributed by atoms with E-state index in [1.165, 1.54) is 49.1 Å². The van der Waals surface area contributed by atoms with Gasteiger partial charge in [0.05, 0.1) is 110 Å². The van der Waals surface area contributed by atoms with Crippen LogP contribution >= 0.6 is 24.2 Å². The van der Waals surface area contributed by atoms with Crippen LogP contribution in [0.3, 0.4) is 0 Å². The van der Waals surface area contributed by atoms with E-state index < -0.39 is 134 Å². The topological polar surface area (TPSA) is 472 Å². The number of aromatic amines is 3. The average molecular weight is 1510 g/mol. The maximum absolute atomic E-state index is 15.8. The standard InChI is InChI=1S/C66H79N16O20P3/c1-39(2)82(40(3)4)103(92-27-11-24-67)100-47-30-54(80-37-72-56-58(80)74-63(70)76-61(56)84)98-51(47)35-95-104(87,93-28-12-25-68)102-49-32-55(81-38-73-57-59(81)75-64(71)77-62(57)85)99-52(49)36-96-105(88,94-29-13-26-69)101-48-31-53(79-33-41(5)60(83)78-65(79)86)97-50(48)34-91-66(42-14-9-8-10-15-42,43-16-20-45(89-6)21-17-43)44-18-22-46(90-7)23-19-44/h8-10,14-23,33,37-40,47-55H,11-13,27-32,34-36H2,1-7H3,(H,78,83,86)(H3,70,74,76,84)(H3,71,75,77,85)/t47-,48-,49-,50+,51+,52+,53+,54+,55+,103?,104?,105?/m0/s1. The maximum Gasteiger partial charge on any atom is 0.475 e. The van der Waals surface area contributed by atoms with E-state index in [-0.39, 0.29) is 104 Å². The molecule has 3 aliphatic rings. The second-order valence-electron chi connectivity index (χ2n) is 24.9. The number of nitrogens with one attached hydrogen (secondary N) is 3. The van der Waals surface area contributed by atoms with Crippen molar-refractivity contribution in [2.24, 2.45) is 0 Å². The van der Waals surface area contributed by atoms with Crippen LogP contribution in [0.5, 0.6) is 11.5 Å². The Balaban J connectivity index is 0.935. The number of phosphoric acid groups is 2. The van der Waals surface area contributed by atoms with Crippen molar-refractivity contribution in [3.05, 3.63) is 162 Å². The van der Waals surface area contributed by atoms with E-state index in [0.717, 1.165) is 4.57 Å². The number of rotatable bonds is 35. The highest BCUT2D eigenvalue weighted by Crippen LogP contribution is 2.58. The van der Waals surface area contributed by atoms with Crippen LogP contribution in [-0.4, -0.2) is 156 Å². The molecule has 0 amide bonds. The highest BCUT2D eigenvalue weighted by Gasteiger charge is 2.50. The number of nitrogens with zero attached hydrogens (tertiary/aromatic N) is 11. The van der Waals surface area contributed by atoms with Gasteiger partial charge in [0.1, 0.15) is 66.3 Å². The molecule has 11 rings (SSSR count). The molecule has 3 saturated heterocycles. The summed E-state index contributed by atoms with van der Waals surface area (Å²) in [6, 6.07) is 29.4. The van der Waals surface area contributed by atoms with Gasteiger partial charge in [0.25, 0.3) is 25.2 Å². The molecule has 0 aliphatic carbocycles. The zero-order valence-electron chi connectivity index (χ0n) is 58.2. The molecule has 0 spiro atoms. The van der Waals surface area contributed by atoms with Gasteiger partial charge in [-0.15, -0.1) is 0 Å². The van der Waals surface area contributed by atoms with Crippen molar-refractivity contribution in [3.8, 4) is 29.7 Å². The number of aromatic nitrogens is 10. The number of benzene rings is 3. The summed E-state index contributed by atoms with van der Waals surface area (Å²) in [5, 5.41) is 29.1. The second-order valence-corrected chi connectivity index (χ2v) is 29.5. The van der Waals surface area contributed by atoms with E-state index in [1.807, 2.05) is 99.1 Å². The van der Waals surface area contributed by atoms with Crippen LogP contribution in [0.2, 0.25) is 0 Å². The molecule has 7 N–H and O–H groups in total. The van der Waals surface area contributed by atoms with Crippen LogP contribution < -0.4 is 43.3 Å². The number of imidazole rings is 2. The minimum Gasteiger partial charge on any atom is -0.497 e. The molecule has 3 aliphatic heterocycles. The Morgan fingerprint density at radius 1 is 0.600 bits per heavy atom. The first kappa shape index (κ1) is 77.2. The first-order valence-electron chi connectivity index (χ1n) is 33.4. The van der Waals surface area contributed by atoms with Crippen LogP contribution in [0, 0.1) is 40.9 Å². The predicted molar refractivity (Wildman–Crippen MR) is 374 cm³/mol. The molecule has 36 nitrogen and oxygen atoms in total. The number of H-pyrrole nitrogens is 3. The highest BCUT2D eigenvalue weighted by molar-refractivity contribution is 7.48. The number of anilines is 2. The Bertz CT molecular complexity index is 4750. The summed E-state index contributed by atoms with van der Waals surface area (Å²) in [6.45, 7) is 6.43. The molecule has 39 heteroatoms. The van der Waals surface area contributed by atoms with Crippen molar-refractivity contribution in [1.29, 1.82) is 15.8 Å². The Hall–Kier alpha value is -8.92. The summed E-state index contributed by atoms with van der Waals surface area (Å²) >= 11 is 0. The third kappa shape index (κ3) is 17.6. The molecular weight excluding hydrogens is 1430 g/mol. The summed E-state index contributed by atoms with van der Waals surface area (Å²) in [7, 11) is -9.04. The van der Waals surface area contributed by atoms with Gasteiger partial charge in [-0.2, -0.15) is 25.8 Å². The van der Waals surface area contributed by atoms with E-state index in [2.05, 4.69) is 41.0 Å². The van der Waals surface area contributed by atoms with Crippen molar-refractivity contribution < 1.29 is 73.7 Å². The van der Waals surface area contributed by atoms with Crippen LogP contribution in [0.25, 0.3) is 22.3 Å². The number of nitriles is 3. The van der Waals surface area contributed by atoms with Gasteiger partial charge in [-0.05, 0) is 75.6 Å². The van der Waals surface area contributed by atoms with E-state index in [9.17, 15) is 35.0 Å². The van der Waals surface area contributed by atoms with E-state index >= 15 is 9.13 Å². The smallest absolute Gasteiger partial charge is 0.475 e. The molecule has 0 saturated carbocycles. The lowest BCUT2D eigenvalue weighted by Crippen LogP contribution is -2.38. The van der Waals surface area contributed by atoms with Crippen molar-refractivity contribution in [2.75, 3.05) is 65.3 Å². The second kappa shape index (κ2) is 34.1. The number of aryl methyl sites for hydroxylation is 1. The molecule has 3 unspecified atom stereocenters. The van der Waals surface area contributed by atoms with E-state index in [4.69, 9.17) is 76.1 Å². The third-order valence-corrected chi connectivity index (χ3v) is 22.4. The summed E-state index contributed by atoms with van der Waals surface area (Å²) in [5.74, 6) is 0.632. The largest absolute Gasteiger partial charge is 0.497 e. The highest BCUT2D eigenvalue weighted by atomic mass is 31.2. The Kier molecular flexibility index (Phi) is 25.1. The molecule has 0 radical (unpaired) electrons. The number of nitrogen functional groups attached to an aromatic ring is 2. The SMILES string of the molecule is COc1ccc(C(OC[C@H]2O[C@@H](n3cc(C)c(=O)[nH]c3=O)C[C@@H]2OP(=O)(OCCC#N)OC[C@H]2O[C@@H](n3cnc4c(=O)[nH]c(N)nc43)C[C@@H]2OP(=O)(OCCC#N)OC[C@H]2O[C@@H](n3cnc4c(=O)[nH]c(N)nc43)C[C@@H]2OP(OCCC#N)N(C(C)C)C(C)C)(c2ccccc2)c2ccc(OC)cc2)cc1. The van der Waals surface area contributed by atoms with Crippen molar-refractivity contribution >= 4 is 58.4 Å². The van der Waals surface area contributed by atoms with Gasteiger partial charge < -0.3 is 48.9 Å². The molecule has 8 heterocycles. The lowest BCUT2D eigenvalue weighted by molar-refractivity contribution is -0.0960. The van der Waals surface area contributed by atoms with Gasteiger partial charge in [-0.3, -0.25) is 70.2 Å². The molecule has 12 atom stereocenters. The van der Waals surface area contributed by atoms with Crippen LogP contribution in [-0.2, 0) is 69.9 Å². The minimum atomic E-state index is -5.10. The molecule has 5 aromatic heterocycles. The zero-order chi connectivity index (χ0) is 74.7. The third-order valence-electron chi connectivity index (χ3n) is 17.3. The van der Waals surface area contributed by atoms with Crippen LogP contribution in [0.4, 0.5) is 11.9 Å². The predicted octanol–water partition coefficient (Wildman–Crippen LogP) is 7.71. The number of fused-ring (bicyclic) bond motifs is 2. The number of hydrogen-bond donors (Lipinski definition) is 5. The minimum absolute atomic E-state index is 0.00118. The zero-order valence-corrected chi connectivity index (χ0v) is 60.8. The van der Waals surface area contributed by atoms with Crippen molar-refractivity contribution in [2.45, 2.75) is 146 Å². The van der Waals surface area contributed by atoms with Crippen molar-refractivity contribution in [3.63, 3.8) is 0 Å². The molecule has 0 bridgehead atoms. The Morgan fingerprint density at radius 3 is 1.50 bits per heavy atom. The number of nitrogens with two attached hydrogens (primary N) is 2. The molecule has 3 aromatic carbocycles. The summed E-state index contributed by atoms with van der Waals surface area (Å²) < 4.78 is 126. The van der Waals surface area contributed by atoms with Gasteiger partial charge in [0, 0.05) is 43.1 Å². The quantitative estimate of drug-likeness (QED) is 0.0144. The summed E-state index contributed by atoms with van der Waals surface area (Å²) in [5.41, 5.74) is 9.70. The molecular formula is C66H79N16O20P3. The molecule has 3 fully saturated rings. The summed E-state index contributed by atoms with van der Waals surface area (Å²) in [4.78, 5) is 77.0. The fourth-order valence-electron chi connectivity index (χ4n) is 12.5. The van der Waals surface area contributed by atoms with E-state index in [1.54, 1.807) is 24.3 Å². The van der Waals surface area contributed by atoms with Crippen LogP contribution in [0.15, 0.2) is 117 Å². The molecule has 8 aromatic rings. The summed E-state index contributed by atoms with van der Waals surface area (Å²) in [6.07, 6.45) is -8.53. The number of methoxy groups -OCH3 is 2. The maximum atomic E-state index is 15.8. The fourth-order valence-corrected chi connectivity index (χ4v) is 17.0. The van der Waals surface area contributed by atoms with Gasteiger partial charge in [0.15, 0.2) is 22.3 Å². The Labute approximate surface area is 601 Å².